The van der Waals surface area contributed by atoms with Crippen molar-refractivity contribution in [2.75, 3.05) is 6.54 Å². The number of carbonyl (C=O) groups excluding carboxylic acids is 1. The van der Waals surface area contributed by atoms with Crippen molar-refractivity contribution in [2.24, 2.45) is 5.41 Å². The van der Waals surface area contributed by atoms with Gasteiger partial charge in [-0.05, 0) is 43.0 Å². The monoisotopic (exact) mass is 435 g/mol. The van der Waals surface area contributed by atoms with Crippen LogP contribution in [0.15, 0.2) is 29.2 Å². The highest BCUT2D eigenvalue weighted by Crippen LogP contribution is 2.29. The normalized spacial score (nSPS) is 14.0. The van der Waals surface area contributed by atoms with Crippen molar-refractivity contribution in [3.8, 4) is 0 Å². The van der Waals surface area contributed by atoms with E-state index in [9.17, 15) is 4.79 Å². The zero-order valence-corrected chi connectivity index (χ0v) is 21.2. The van der Waals surface area contributed by atoms with Crippen molar-refractivity contribution in [3.05, 3.63) is 29.8 Å². The summed E-state index contributed by atoms with van der Waals surface area (Å²) in [5.74, 6) is -0.124. The number of unbranched alkanes of at least 4 members (excludes halogenated alkanes) is 5. The van der Waals surface area contributed by atoms with Crippen LogP contribution in [-0.4, -0.2) is 23.8 Å². The largest absolute Gasteiger partial charge is 0.456 e. The highest BCUT2D eigenvalue weighted by Gasteiger charge is 2.26. The van der Waals surface area contributed by atoms with Gasteiger partial charge in [0.2, 0.25) is 0 Å². The van der Waals surface area contributed by atoms with Gasteiger partial charge < -0.3 is 10.1 Å². The third kappa shape index (κ3) is 12.0. The number of ether oxygens (including phenoxy) is 1. The Labute approximate surface area is 190 Å². The molecule has 0 fully saturated rings. The van der Waals surface area contributed by atoms with Crippen LogP contribution in [0.3, 0.4) is 0 Å². The lowest BCUT2D eigenvalue weighted by Gasteiger charge is -2.27. The molecule has 0 unspecified atom stereocenters. The van der Waals surface area contributed by atoms with E-state index in [0.29, 0.717) is 11.7 Å². The first-order chi connectivity index (χ1) is 14.1. The van der Waals surface area contributed by atoms with Crippen LogP contribution < -0.4 is 5.32 Å². The molecule has 0 spiro atoms. The van der Waals surface area contributed by atoms with E-state index in [1.165, 1.54) is 43.4 Å². The van der Waals surface area contributed by atoms with Gasteiger partial charge in [0, 0.05) is 16.2 Å². The van der Waals surface area contributed by atoms with Gasteiger partial charge in [0.25, 0.3) is 0 Å². The molecular formula is C26H45NO2S. The Morgan fingerprint density at radius 2 is 1.60 bits per heavy atom. The summed E-state index contributed by atoms with van der Waals surface area (Å²) in [6.45, 7) is 15.9. The standard InChI is InChI=1S/C26H45NO2S/c1-8-9-10-11-12-13-18-27-21(4)25(29-24(28)19-26(5,6)7)22-14-16-23(17-15-22)30-20(2)3/h14-17,20-21,25,27H,8-13,18-19H2,1-7H3/t21-,25-/m1/s1. The SMILES string of the molecule is CCCCCCCCN[C@H](C)[C@@H](OC(=O)CC(C)(C)C)c1ccc(SC(C)C)cc1. The second kappa shape index (κ2) is 14.1. The Morgan fingerprint density at radius 1 is 1.00 bits per heavy atom. The van der Waals surface area contributed by atoms with Crippen LogP contribution >= 0.6 is 11.8 Å². The van der Waals surface area contributed by atoms with Crippen molar-refractivity contribution in [1.82, 2.24) is 5.32 Å². The minimum atomic E-state index is -0.266. The highest BCUT2D eigenvalue weighted by atomic mass is 32.2. The molecule has 0 radical (unpaired) electrons. The van der Waals surface area contributed by atoms with E-state index < -0.39 is 0 Å². The van der Waals surface area contributed by atoms with Crippen molar-refractivity contribution in [3.63, 3.8) is 0 Å². The minimum Gasteiger partial charge on any atom is -0.456 e. The van der Waals surface area contributed by atoms with Gasteiger partial charge in [-0.1, -0.05) is 85.8 Å². The molecule has 0 aliphatic rings. The molecule has 0 aliphatic carbocycles. The van der Waals surface area contributed by atoms with E-state index in [2.05, 4.69) is 78.0 Å². The second-order valence-electron chi connectivity index (χ2n) is 9.89. The summed E-state index contributed by atoms with van der Waals surface area (Å²) in [6.07, 6.45) is 7.85. The first kappa shape index (κ1) is 27.0. The molecule has 1 aromatic carbocycles. The predicted octanol–water partition coefficient (Wildman–Crippen LogP) is 7.55. The summed E-state index contributed by atoms with van der Waals surface area (Å²) in [5, 5.41) is 4.15. The van der Waals surface area contributed by atoms with Crippen LogP contribution in [0.4, 0.5) is 0 Å². The summed E-state index contributed by atoms with van der Waals surface area (Å²) < 4.78 is 6.00. The van der Waals surface area contributed by atoms with E-state index >= 15 is 0 Å². The first-order valence-corrected chi connectivity index (χ1v) is 12.7. The number of hydrogen-bond acceptors (Lipinski definition) is 4. The summed E-state index contributed by atoms with van der Waals surface area (Å²) in [5.41, 5.74) is 0.988. The molecule has 1 rings (SSSR count). The summed E-state index contributed by atoms with van der Waals surface area (Å²) in [7, 11) is 0. The smallest absolute Gasteiger partial charge is 0.306 e. The number of hydrogen-bond donors (Lipinski definition) is 1. The van der Waals surface area contributed by atoms with Crippen LogP contribution in [0.1, 0.15) is 105 Å². The fourth-order valence-electron chi connectivity index (χ4n) is 3.43. The molecule has 0 saturated heterocycles. The molecule has 0 bridgehead atoms. The lowest BCUT2D eigenvalue weighted by molar-refractivity contribution is -0.153. The van der Waals surface area contributed by atoms with Crippen molar-refractivity contribution < 1.29 is 9.53 Å². The zero-order chi connectivity index (χ0) is 22.6. The molecule has 1 aromatic rings. The zero-order valence-electron chi connectivity index (χ0n) is 20.4. The molecule has 3 nitrogen and oxygen atoms in total. The Bertz CT molecular complexity index is 592. The first-order valence-electron chi connectivity index (χ1n) is 11.8. The van der Waals surface area contributed by atoms with Crippen molar-refractivity contribution in [2.45, 2.75) is 116 Å². The van der Waals surface area contributed by atoms with Gasteiger partial charge in [-0.15, -0.1) is 11.8 Å². The number of esters is 1. The van der Waals surface area contributed by atoms with Gasteiger partial charge in [0.05, 0.1) is 6.42 Å². The Balaban J connectivity index is 2.73. The molecule has 0 aromatic heterocycles. The van der Waals surface area contributed by atoms with E-state index in [0.717, 1.165) is 12.1 Å². The minimum absolute atomic E-state index is 0.0749. The number of benzene rings is 1. The Hall–Kier alpha value is -1.00. The third-order valence-electron chi connectivity index (χ3n) is 4.96. The molecule has 0 amide bonds. The van der Waals surface area contributed by atoms with Crippen molar-refractivity contribution in [1.29, 1.82) is 0 Å². The Morgan fingerprint density at radius 3 is 2.17 bits per heavy atom. The van der Waals surface area contributed by atoms with E-state index in [4.69, 9.17) is 4.74 Å². The maximum atomic E-state index is 12.6. The fraction of sp³-hybridized carbons (Fsp3) is 0.731. The molecule has 4 heteroatoms. The van der Waals surface area contributed by atoms with Gasteiger partial charge in [0.1, 0.15) is 6.10 Å². The topological polar surface area (TPSA) is 38.3 Å². The summed E-state index contributed by atoms with van der Waals surface area (Å²) in [6, 6.07) is 8.59. The quantitative estimate of drug-likeness (QED) is 0.186. The van der Waals surface area contributed by atoms with Crippen LogP contribution in [-0.2, 0) is 9.53 Å². The van der Waals surface area contributed by atoms with Crippen LogP contribution in [0, 0.1) is 5.41 Å². The van der Waals surface area contributed by atoms with Crippen LogP contribution in [0.25, 0.3) is 0 Å². The van der Waals surface area contributed by atoms with Crippen LogP contribution in [0.2, 0.25) is 0 Å². The molecule has 0 saturated carbocycles. The van der Waals surface area contributed by atoms with Gasteiger partial charge in [-0.3, -0.25) is 4.79 Å². The number of thioether (sulfide) groups is 1. The second-order valence-corrected chi connectivity index (χ2v) is 11.5. The van der Waals surface area contributed by atoms with Gasteiger partial charge in [-0.25, -0.2) is 0 Å². The third-order valence-corrected chi connectivity index (χ3v) is 5.98. The highest BCUT2D eigenvalue weighted by molar-refractivity contribution is 7.99. The molecule has 1 N–H and O–H groups in total. The number of nitrogens with one attached hydrogen (secondary N) is 1. The van der Waals surface area contributed by atoms with Gasteiger partial charge >= 0.3 is 5.97 Å². The molecule has 172 valence electrons. The molecule has 2 atom stereocenters. The van der Waals surface area contributed by atoms with Gasteiger partial charge in [-0.2, -0.15) is 0 Å². The van der Waals surface area contributed by atoms with Gasteiger partial charge in [0.15, 0.2) is 0 Å². The average molecular weight is 436 g/mol. The molecule has 0 heterocycles. The molecule has 0 aliphatic heterocycles. The lowest BCUT2D eigenvalue weighted by Crippen LogP contribution is -2.35. The number of rotatable bonds is 14. The number of carbonyl (C=O) groups is 1. The molecule has 30 heavy (non-hydrogen) atoms. The predicted molar refractivity (Wildman–Crippen MR) is 131 cm³/mol. The summed E-state index contributed by atoms with van der Waals surface area (Å²) >= 11 is 1.85. The van der Waals surface area contributed by atoms with E-state index in [1.807, 2.05) is 11.8 Å². The fourth-order valence-corrected chi connectivity index (χ4v) is 4.26. The molecular weight excluding hydrogens is 390 g/mol. The van der Waals surface area contributed by atoms with E-state index in [1.54, 1.807) is 0 Å². The maximum Gasteiger partial charge on any atom is 0.306 e. The van der Waals surface area contributed by atoms with Crippen LogP contribution in [0.5, 0.6) is 0 Å². The summed E-state index contributed by atoms with van der Waals surface area (Å²) in [4.78, 5) is 13.8. The van der Waals surface area contributed by atoms with Crippen molar-refractivity contribution >= 4 is 17.7 Å². The average Bonchev–Trinajstić information content (AvgIpc) is 2.64. The van der Waals surface area contributed by atoms with E-state index in [-0.39, 0.29) is 23.5 Å². The lowest BCUT2D eigenvalue weighted by atomic mass is 9.92. The maximum absolute atomic E-state index is 12.6. The Kier molecular flexibility index (Phi) is 12.7.